The van der Waals surface area contributed by atoms with E-state index in [1.54, 1.807) is 6.07 Å². The standard InChI is InChI=1S/C11H13ClFNO/c1-8-7-15-5-4-14(8)9-2-3-10(12)11(13)6-9/h2-3,6,8H,4-5,7H2,1H3/t8-/m0/s1. The van der Waals surface area contributed by atoms with E-state index in [1.807, 2.05) is 6.07 Å². The molecular weight excluding hydrogens is 217 g/mol. The minimum absolute atomic E-state index is 0.166. The Hall–Kier alpha value is -0.800. The van der Waals surface area contributed by atoms with Gasteiger partial charge in [-0.1, -0.05) is 11.6 Å². The molecule has 0 saturated carbocycles. The number of benzene rings is 1. The quantitative estimate of drug-likeness (QED) is 0.734. The van der Waals surface area contributed by atoms with Crippen LogP contribution >= 0.6 is 11.6 Å². The summed E-state index contributed by atoms with van der Waals surface area (Å²) in [6, 6.07) is 5.19. The SMILES string of the molecule is C[C@H]1COCCN1c1ccc(Cl)c(F)c1. The molecule has 0 aromatic heterocycles. The smallest absolute Gasteiger partial charge is 0.143 e. The van der Waals surface area contributed by atoms with Crippen molar-refractivity contribution < 1.29 is 9.13 Å². The number of rotatable bonds is 1. The van der Waals surface area contributed by atoms with E-state index in [4.69, 9.17) is 16.3 Å². The lowest BCUT2D eigenvalue weighted by molar-refractivity contribution is 0.0989. The highest BCUT2D eigenvalue weighted by molar-refractivity contribution is 6.30. The van der Waals surface area contributed by atoms with Gasteiger partial charge in [-0.05, 0) is 25.1 Å². The van der Waals surface area contributed by atoms with Crippen molar-refractivity contribution in [3.05, 3.63) is 29.0 Å². The Kier molecular flexibility index (Phi) is 3.12. The zero-order valence-electron chi connectivity index (χ0n) is 8.54. The van der Waals surface area contributed by atoms with Gasteiger partial charge in [0.05, 0.1) is 18.2 Å². The van der Waals surface area contributed by atoms with Crippen LogP contribution < -0.4 is 4.90 Å². The van der Waals surface area contributed by atoms with Crippen molar-refractivity contribution in [2.24, 2.45) is 0 Å². The van der Waals surface area contributed by atoms with Gasteiger partial charge in [-0.2, -0.15) is 0 Å². The maximum absolute atomic E-state index is 13.3. The number of anilines is 1. The van der Waals surface area contributed by atoms with Gasteiger partial charge in [0.25, 0.3) is 0 Å². The molecule has 1 aromatic carbocycles. The van der Waals surface area contributed by atoms with Crippen molar-refractivity contribution in [1.29, 1.82) is 0 Å². The van der Waals surface area contributed by atoms with Crippen molar-refractivity contribution in [3.8, 4) is 0 Å². The van der Waals surface area contributed by atoms with Crippen molar-refractivity contribution in [1.82, 2.24) is 0 Å². The highest BCUT2D eigenvalue weighted by Gasteiger charge is 2.19. The molecule has 1 fully saturated rings. The van der Waals surface area contributed by atoms with Crippen LogP contribution in [0.25, 0.3) is 0 Å². The maximum atomic E-state index is 13.3. The summed E-state index contributed by atoms with van der Waals surface area (Å²) in [4.78, 5) is 2.13. The lowest BCUT2D eigenvalue weighted by Gasteiger charge is -2.35. The Morgan fingerprint density at radius 3 is 3.00 bits per heavy atom. The first-order valence-corrected chi connectivity index (χ1v) is 5.35. The second-order valence-electron chi connectivity index (χ2n) is 3.72. The number of ether oxygens (including phenoxy) is 1. The fraction of sp³-hybridized carbons (Fsp3) is 0.455. The molecule has 15 heavy (non-hydrogen) atoms. The molecule has 0 N–H and O–H groups in total. The molecule has 0 spiro atoms. The predicted molar refractivity (Wildman–Crippen MR) is 59.0 cm³/mol. The van der Waals surface area contributed by atoms with Gasteiger partial charge in [0.15, 0.2) is 0 Å². The van der Waals surface area contributed by atoms with E-state index in [9.17, 15) is 4.39 Å². The highest BCUT2D eigenvalue weighted by atomic mass is 35.5. The molecule has 0 aliphatic carbocycles. The van der Waals surface area contributed by atoms with E-state index < -0.39 is 0 Å². The van der Waals surface area contributed by atoms with Gasteiger partial charge in [-0.25, -0.2) is 4.39 Å². The van der Waals surface area contributed by atoms with Gasteiger partial charge < -0.3 is 9.64 Å². The average Bonchev–Trinajstić information content (AvgIpc) is 2.23. The Balaban J connectivity index is 2.24. The van der Waals surface area contributed by atoms with Crippen molar-refractivity contribution in [2.45, 2.75) is 13.0 Å². The van der Waals surface area contributed by atoms with Crippen molar-refractivity contribution in [3.63, 3.8) is 0 Å². The van der Waals surface area contributed by atoms with Crippen molar-refractivity contribution >= 4 is 17.3 Å². The molecule has 0 bridgehead atoms. The lowest BCUT2D eigenvalue weighted by Crippen LogP contribution is -2.43. The molecule has 4 heteroatoms. The number of halogens is 2. The second-order valence-corrected chi connectivity index (χ2v) is 4.12. The summed E-state index contributed by atoms with van der Waals surface area (Å²) >= 11 is 5.64. The summed E-state index contributed by atoms with van der Waals surface area (Å²) in [5, 5.41) is 0.166. The second kappa shape index (κ2) is 4.37. The summed E-state index contributed by atoms with van der Waals surface area (Å²) < 4.78 is 18.6. The topological polar surface area (TPSA) is 12.5 Å². The van der Waals surface area contributed by atoms with Crippen LogP contribution in [0.15, 0.2) is 18.2 Å². The number of nitrogens with zero attached hydrogens (tertiary/aromatic N) is 1. The largest absolute Gasteiger partial charge is 0.377 e. The lowest BCUT2D eigenvalue weighted by atomic mass is 10.2. The van der Waals surface area contributed by atoms with Gasteiger partial charge >= 0.3 is 0 Å². The Morgan fingerprint density at radius 2 is 2.33 bits per heavy atom. The third-order valence-corrected chi connectivity index (χ3v) is 2.91. The minimum atomic E-state index is -0.368. The number of hydrogen-bond acceptors (Lipinski definition) is 2. The van der Waals surface area contributed by atoms with E-state index in [-0.39, 0.29) is 16.9 Å². The summed E-state index contributed by atoms with van der Waals surface area (Å²) in [5.74, 6) is -0.368. The molecule has 2 nitrogen and oxygen atoms in total. The summed E-state index contributed by atoms with van der Waals surface area (Å²) in [7, 11) is 0. The summed E-state index contributed by atoms with van der Waals surface area (Å²) in [6.45, 7) is 4.23. The molecule has 1 aromatic rings. The molecule has 0 unspecified atom stereocenters. The summed E-state index contributed by atoms with van der Waals surface area (Å²) in [6.07, 6.45) is 0. The van der Waals surface area contributed by atoms with Crippen LogP contribution in [-0.4, -0.2) is 25.8 Å². The van der Waals surface area contributed by atoms with E-state index in [0.717, 1.165) is 12.2 Å². The molecule has 1 saturated heterocycles. The fourth-order valence-electron chi connectivity index (χ4n) is 1.77. The van der Waals surface area contributed by atoms with Gasteiger partial charge in [0.2, 0.25) is 0 Å². The van der Waals surface area contributed by atoms with Gasteiger partial charge in [-0.15, -0.1) is 0 Å². The van der Waals surface area contributed by atoms with Crippen LogP contribution in [0.3, 0.4) is 0 Å². The first kappa shape index (κ1) is 10.7. The predicted octanol–water partition coefficient (Wildman–Crippen LogP) is 2.70. The molecule has 0 amide bonds. The van der Waals surface area contributed by atoms with E-state index in [1.165, 1.54) is 6.07 Å². The molecule has 1 heterocycles. The van der Waals surface area contributed by atoms with Crippen LogP contribution in [0.1, 0.15) is 6.92 Å². The van der Waals surface area contributed by atoms with Crippen LogP contribution in [0.4, 0.5) is 10.1 Å². The molecule has 1 aliphatic heterocycles. The monoisotopic (exact) mass is 229 g/mol. The molecule has 82 valence electrons. The average molecular weight is 230 g/mol. The molecule has 1 atom stereocenters. The summed E-state index contributed by atoms with van der Waals surface area (Å²) in [5.41, 5.74) is 0.868. The van der Waals surface area contributed by atoms with E-state index in [2.05, 4.69) is 11.8 Å². The van der Waals surface area contributed by atoms with Gasteiger partial charge in [0.1, 0.15) is 5.82 Å². The third kappa shape index (κ3) is 2.24. The molecule has 1 aliphatic rings. The molecule has 2 rings (SSSR count). The fourth-order valence-corrected chi connectivity index (χ4v) is 1.89. The zero-order valence-corrected chi connectivity index (χ0v) is 9.30. The van der Waals surface area contributed by atoms with Crippen molar-refractivity contribution in [2.75, 3.05) is 24.7 Å². The molecule has 0 radical (unpaired) electrons. The number of morpholine rings is 1. The van der Waals surface area contributed by atoms with Gasteiger partial charge in [-0.3, -0.25) is 0 Å². The van der Waals surface area contributed by atoms with Crippen LogP contribution in [0.5, 0.6) is 0 Å². The van der Waals surface area contributed by atoms with Gasteiger partial charge in [0, 0.05) is 18.3 Å². The minimum Gasteiger partial charge on any atom is -0.377 e. The van der Waals surface area contributed by atoms with Crippen LogP contribution in [-0.2, 0) is 4.74 Å². The Labute approximate surface area is 93.6 Å². The maximum Gasteiger partial charge on any atom is 0.143 e. The van der Waals surface area contributed by atoms with Crippen LogP contribution in [0, 0.1) is 5.82 Å². The first-order valence-electron chi connectivity index (χ1n) is 4.98. The van der Waals surface area contributed by atoms with E-state index in [0.29, 0.717) is 13.2 Å². The molecular formula is C11H13ClFNO. The number of hydrogen-bond donors (Lipinski definition) is 0. The third-order valence-electron chi connectivity index (χ3n) is 2.60. The Morgan fingerprint density at radius 1 is 1.53 bits per heavy atom. The van der Waals surface area contributed by atoms with E-state index >= 15 is 0 Å². The Bertz CT molecular complexity index is 358. The first-order chi connectivity index (χ1) is 7.18. The zero-order chi connectivity index (χ0) is 10.8. The van der Waals surface area contributed by atoms with Crippen LogP contribution in [0.2, 0.25) is 5.02 Å². The highest BCUT2D eigenvalue weighted by Crippen LogP contribution is 2.24. The normalized spacial score (nSPS) is 21.8.